The van der Waals surface area contributed by atoms with Gasteiger partial charge in [0.25, 0.3) is 0 Å². The molecule has 15 heavy (non-hydrogen) atoms. The molecule has 0 fully saturated rings. The highest BCUT2D eigenvalue weighted by Gasteiger charge is 2.06. The lowest BCUT2D eigenvalue weighted by Gasteiger charge is -2.01. The van der Waals surface area contributed by atoms with Gasteiger partial charge in [0, 0.05) is 18.5 Å². The van der Waals surface area contributed by atoms with Gasteiger partial charge in [0.2, 0.25) is 0 Å². The second kappa shape index (κ2) is 5.55. The Kier molecular flexibility index (Phi) is 4.05. The Balaban J connectivity index is 2.88. The van der Waals surface area contributed by atoms with Crippen molar-refractivity contribution >= 4 is 12.0 Å². The van der Waals surface area contributed by atoms with Crippen LogP contribution in [0.2, 0.25) is 0 Å². The zero-order valence-corrected chi connectivity index (χ0v) is 8.30. The van der Waals surface area contributed by atoms with E-state index < -0.39 is 5.97 Å². The molecule has 1 aromatic rings. The van der Waals surface area contributed by atoms with Crippen LogP contribution in [0.4, 0.5) is 0 Å². The van der Waals surface area contributed by atoms with Gasteiger partial charge in [0.15, 0.2) is 0 Å². The Labute approximate surface area is 87.8 Å². The van der Waals surface area contributed by atoms with E-state index in [1.54, 1.807) is 25.3 Å². The zero-order chi connectivity index (χ0) is 11.1. The van der Waals surface area contributed by atoms with Crippen LogP contribution in [-0.2, 0) is 4.74 Å². The smallest absolute Gasteiger partial charge is 0.339 e. The van der Waals surface area contributed by atoms with Gasteiger partial charge >= 0.3 is 5.97 Å². The number of carbonyl (C=O) groups is 1. The SMILES string of the molecule is CCOC(=O)c1cncc(C=CC#N)c1. The van der Waals surface area contributed by atoms with Crippen molar-refractivity contribution in [1.82, 2.24) is 4.98 Å². The van der Waals surface area contributed by atoms with E-state index >= 15 is 0 Å². The van der Waals surface area contributed by atoms with Crippen molar-refractivity contribution < 1.29 is 9.53 Å². The van der Waals surface area contributed by atoms with Crippen molar-refractivity contribution in [3.63, 3.8) is 0 Å². The fourth-order valence-electron chi connectivity index (χ4n) is 1.01. The van der Waals surface area contributed by atoms with Gasteiger partial charge in [-0.1, -0.05) is 0 Å². The van der Waals surface area contributed by atoms with Crippen LogP contribution in [0.5, 0.6) is 0 Å². The van der Waals surface area contributed by atoms with Gasteiger partial charge in [0.05, 0.1) is 18.2 Å². The standard InChI is InChI=1S/C11H10N2O2/c1-2-15-11(14)10-6-9(4-3-5-12)7-13-8-10/h3-4,6-8H,2H2,1H3. The van der Waals surface area contributed by atoms with Crippen LogP contribution in [0.25, 0.3) is 6.08 Å². The van der Waals surface area contributed by atoms with Crippen LogP contribution in [0.15, 0.2) is 24.5 Å². The van der Waals surface area contributed by atoms with Gasteiger partial charge in [-0.25, -0.2) is 4.79 Å². The van der Waals surface area contributed by atoms with Gasteiger partial charge in [-0.05, 0) is 24.6 Å². The molecule has 1 rings (SSSR count). The Hall–Kier alpha value is -2.15. The summed E-state index contributed by atoms with van der Waals surface area (Å²) < 4.78 is 4.82. The van der Waals surface area contributed by atoms with Crippen molar-refractivity contribution in [3.8, 4) is 6.07 Å². The highest BCUT2D eigenvalue weighted by molar-refractivity contribution is 5.89. The minimum atomic E-state index is -0.405. The highest BCUT2D eigenvalue weighted by Crippen LogP contribution is 2.06. The molecule has 0 atom stereocenters. The molecule has 0 aliphatic heterocycles. The number of aromatic nitrogens is 1. The first kappa shape index (κ1) is 10.9. The van der Waals surface area contributed by atoms with Gasteiger partial charge in [-0.2, -0.15) is 5.26 Å². The molecule has 4 heteroatoms. The summed E-state index contributed by atoms with van der Waals surface area (Å²) in [5.41, 5.74) is 1.08. The van der Waals surface area contributed by atoms with Gasteiger partial charge < -0.3 is 4.74 Å². The summed E-state index contributed by atoms with van der Waals surface area (Å²) >= 11 is 0. The van der Waals surface area contributed by atoms with Gasteiger partial charge in [-0.3, -0.25) is 4.98 Å². The summed E-state index contributed by atoms with van der Waals surface area (Å²) in [6.45, 7) is 2.07. The van der Waals surface area contributed by atoms with Crippen molar-refractivity contribution in [3.05, 3.63) is 35.7 Å². The van der Waals surface area contributed by atoms with Crippen LogP contribution >= 0.6 is 0 Å². The van der Waals surface area contributed by atoms with Crippen LogP contribution in [-0.4, -0.2) is 17.6 Å². The predicted octanol–water partition coefficient (Wildman–Crippen LogP) is 1.80. The molecule has 0 amide bonds. The number of ether oxygens (including phenoxy) is 1. The summed E-state index contributed by atoms with van der Waals surface area (Å²) in [6, 6.07) is 3.49. The Bertz CT molecular complexity index is 419. The van der Waals surface area contributed by atoms with E-state index in [1.165, 1.54) is 12.3 Å². The molecule has 0 N–H and O–H groups in total. The van der Waals surface area contributed by atoms with Crippen molar-refractivity contribution in [1.29, 1.82) is 5.26 Å². The number of esters is 1. The number of allylic oxidation sites excluding steroid dienone is 1. The second-order valence-corrected chi connectivity index (χ2v) is 2.69. The molecule has 0 unspecified atom stereocenters. The van der Waals surface area contributed by atoms with Crippen molar-refractivity contribution in [2.45, 2.75) is 6.92 Å². The molecular weight excluding hydrogens is 192 g/mol. The maximum atomic E-state index is 11.3. The number of rotatable bonds is 3. The van der Waals surface area contributed by atoms with Crippen molar-refractivity contribution in [2.24, 2.45) is 0 Å². The van der Waals surface area contributed by atoms with E-state index in [0.717, 1.165) is 0 Å². The number of hydrogen-bond acceptors (Lipinski definition) is 4. The second-order valence-electron chi connectivity index (χ2n) is 2.69. The minimum absolute atomic E-state index is 0.330. The normalized spacial score (nSPS) is 9.87. The maximum absolute atomic E-state index is 11.3. The first-order valence-corrected chi connectivity index (χ1v) is 4.46. The Morgan fingerprint density at radius 3 is 3.13 bits per heavy atom. The van der Waals surface area contributed by atoms with Crippen molar-refractivity contribution in [2.75, 3.05) is 6.61 Å². The molecule has 0 spiro atoms. The average Bonchev–Trinajstić information content (AvgIpc) is 2.27. The lowest BCUT2D eigenvalue weighted by atomic mass is 10.2. The molecule has 0 aliphatic rings. The molecule has 0 aromatic carbocycles. The summed E-state index contributed by atoms with van der Waals surface area (Å²) in [6.07, 6.45) is 5.90. The molecule has 1 heterocycles. The molecule has 4 nitrogen and oxygen atoms in total. The Morgan fingerprint density at radius 1 is 1.67 bits per heavy atom. The lowest BCUT2D eigenvalue weighted by Crippen LogP contribution is -2.05. The fourth-order valence-corrected chi connectivity index (χ4v) is 1.01. The van der Waals surface area contributed by atoms with E-state index in [9.17, 15) is 4.79 Å². The van der Waals surface area contributed by atoms with E-state index in [4.69, 9.17) is 10.00 Å². The minimum Gasteiger partial charge on any atom is -0.462 e. The summed E-state index contributed by atoms with van der Waals surface area (Å²) in [5.74, 6) is -0.405. The molecular formula is C11H10N2O2. The van der Waals surface area contributed by atoms with E-state index in [1.807, 2.05) is 6.07 Å². The molecule has 0 saturated carbocycles. The molecule has 0 saturated heterocycles. The van der Waals surface area contributed by atoms with E-state index in [0.29, 0.717) is 17.7 Å². The number of nitrogens with zero attached hydrogens (tertiary/aromatic N) is 2. The summed E-state index contributed by atoms with van der Waals surface area (Å²) in [5, 5.41) is 8.34. The van der Waals surface area contributed by atoms with Crippen LogP contribution < -0.4 is 0 Å². The van der Waals surface area contributed by atoms with Crippen LogP contribution in [0, 0.1) is 11.3 Å². The average molecular weight is 202 g/mol. The highest BCUT2D eigenvalue weighted by atomic mass is 16.5. The number of carbonyl (C=O) groups excluding carboxylic acids is 1. The molecule has 0 aliphatic carbocycles. The molecule has 0 radical (unpaired) electrons. The number of hydrogen-bond donors (Lipinski definition) is 0. The van der Waals surface area contributed by atoms with Gasteiger partial charge in [-0.15, -0.1) is 0 Å². The van der Waals surface area contributed by atoms with Crippen LogP contribution in [0.3, 0.4) is 0 Å². The Morgan fingerprint density at radius 2 is 2.47 bits per heavy atom. The first-order valence-electron chi connectivity index (χ1n) is 4.46. The van der Waals surface area contributed by atoms with Gasteiger partial charge in [0.1, 0.15) is 0 Å². The predicted molar refractivity (Wildman–Crippen MR) is 54.8 cm³/mol. The number of nitriles is 1. The summed E-state index contributed by atoms with van der Waals surface area (Å²) in [4.78, 5) is 15.2. The third-order valence-electron chi connectivity index (χ3n) is 1.62. The third kappa shape index (κ3) is 3.24. The zero-order valence-electron chi connectivity index (χ0n) is 8.30. The summed E-state index contributed by atoms with van der Waals surface area (Å²) in [7, 11) is 0. The first-order chi connectivity index (χ1) is 7.27. The van der Waals surface area contributed by atoms with E-state index in [-0.39, 0.29) is 0 Å². The van der Waals surface area contributed by atoms with E-state index in [2.05, 4.69) is 4.98 Å². The third-order valence-corrected chi connectivity index (χ3v) is 1.62. The topological polar surface area (TPSA) is 63.0 Å². The lowest BCUT2D eigenvalue weighted by molar-refractivity contribution is 0.0526. The molecule has 1 aromatic heterocycles. The van der Waals surface area contributed by atoms with Crippen LogP contribution in [0.1, 0.15) is 22.8 Å². The monoisotopic (exact) mass is 202 g/mol. The maximum Gasteiger partial charge on any atom is 0.339 e. The largest absolute Gasteiger partial charge is 0.462 e. The molecule has 0 bridgehead atoms. The quantitative estimate of drug-likeness (QED) is 0.553. The number of pyridine rings is 1. The fraction of sp³-hybridized carbons (Fsp3) is 0.182. The molecule has 76 valence electrons.